The highest BCUT2D eigenvalue weighted by Crippen LogP contribution is 2.28. The minimum absolute atomic E-state index is 0.230. The van der Waals surface area contributed by atoms with Crippen LogP contribution in [0.4, 0.5) is 0 Å². The van der Waals surface area contributed by atoms with Gasteiger partial charge in [0.25, 0.3) is 0 Å². The summed E-state index contributed by atoms with van der Waals surface area (Å²) in [5.41, 5.74) is 0. The highest BCUT2D eigenvalue weighted by atomic mass is 16.5. The molecule has 0 aromatic carbocycles. The molecule has 0 radical (unpaired) electrons. The smallest absolute Gasteiger partial charge is 0.323 e. The first kappa shape index (κ1) is 13.5. The Balaban J connectivity index is 2.47. The third kappa shape index (κ3) is 3.76. The van der Waals surface area contributed by atoms with Crippen LogP contribution in [0.5, 0.6) is 0 Å². The summed E-state index contributed by atoms with van der Waals surface area (Å²) in [5.74, 6) is 0.480. The van der Waals surface area contributed by atoms with E-state index in [2.05, 4.69) is 19.2 Å². The fourth-order valence-corrected chi connectivity index (χ4v) is 2.53. The maximum Gasteiger partial charge on any atom is 0.323 e. The van der Waals surface area contributed by atoms with Gasteiger partial charge in [0, 0.05) is 13.2 Å². The average molecular weight is 229 g/mol. The lowest BCUT2D eigenvalue weighted by Gasteiger charge is -2.34. The Morgan fingerprint density at radius 3 is 2.69 bits per heavy atom. The second-order valence-corrected chi connectivity index (χ2v) is 5.01. The van der Waals surface area contributed by atoms with Crippen LogP contribution in [0.1, 0.15) is 33.1 Å². The van der Waals surface area contributed by atoms with Gasteiger partial charge in [-0.25, -0.2) is 0 Å². The van der Waals surface area contributed by atoms with E-state index in [1.807, 2.05) is 0 Å². The molecule has 0 aromatic rings. The fraction of sp³-hybridized carbons (Fsp3) is 0.917. The Bertz CT molecular complexity index is 232. The number of carboxylic acid groups (broad SMARTS) is 1. The zero-order valence-electron chi connectivity index (χ0n) is 10.4. The van der Waals surface area contributed by atoms with Gasteiger partial charge in [-0.05, 0) is 31.1 Å². The van der Waals surface area contributed by atoms with Crippen LogP contribution in [-0.2, 0) is 9.53 Å². The number of carboxylic acids is 1. The van der Waals surface area contributed by atoms with Gasteiger partial charge in [-0.3, -0.25) is 10.1 Å². The molecule has 1 fully saturated rings. The zero-order chi connectivity index (χ0) is 12.1. The van der Waals surface area contributed by atoms with Crippen molar-refractivity contribution in [2.45, 2.75) is 45.2 Å². The lowest BCUT2D eigenvalue weighted by atomic mass is 9.79. The molecule has 0 bridgehead atoms. The number of ether oxygens (including phenoxy) is 1. The van der Waals surface area contributed by atoms with E-state index in [0.717, 1.165) is 12.3 Å². The molecule has 0 aliphatic heterocycles. The molecule has 2 N–H and O–H groups in total. The Labute approximate surface area is 97.4 Å². The number of hydrogen-bond donors (Lipinski definition) is 2. The first-order chi connectivity index (χ1) is 7.54. The van der Waals surface area contributed by atoms with Crippen molar-refractivity contribution in [2.24, 2.45) is 11.8 Å². The first-order valence-electron chi connectivity index (χ1n) is 6.02. The maximum absolute atomic E-state index is 11.0. The SMILES string of the molecule is COCC(NC1CCC(C)CC1C)C(=O)O. The summed E-state index contributed by atoms with van der Waals surface area (Å²) in [6.07, 6.45) is 3.42. The summed E-state index contributed by atoms with van der Waals surface area (Å²) in [7, 11) is 1.53. The molecule has 4 unspecified atom stereocenters. The van der Waals surface area contributed by atoms with Crippen LogP contribution in [0, 0.1) is 11.8 Å². The van der Waals surface area contributed by atoms with Crippen molar-refractivity contribution in [3.8, 4) is 0 Å². The third-order valence-corrected chi connectivity index (χ3v) is 3.48. The molecule has 4 nitrogen and oxygen atoms in total. The largest absolute Gasteiger partial charge is 0.480 e. The lowest BCUT2D eigenvalue weighted by molar-refractivity contribution is -0.141. The summed E-state index contributed by atoms with van der Waals surface area (Å²) in [4.78, 5) is 11.0. The molecule has 94 valence electrons. The van der Waals surface area contributed by atoms with E-state index in [9.17, 15) is 4.79 Å². The Kier molecular flexibility index (Phi) is 5.22. The van der Waals surface area contributed by atoms with Crippen LogP contribution in [-0.4, -0.2) is 36.9 Å². The second kappa shape index (κ2) is 6.21. The predicted molar refractivity (Wildman–Crippen MR) is 62.4 cm³/mol. The van der Waals surface area contributed by atoms with Crippen molar-refractivity contribution in [1.29, 1.82) is 0 Å². The van der Waals surface area contributed by atoms with E-state index < -0.39 is 12.0 Å². The van der Waals surface area contributed by atoms with Crippen LogP contribution in [0.2, 0.25) is 0 Å². The van der Waals surface area contributed by atoms with E-state index in [0.29, 0.717) is 12.0 Å². The molecule has 0 spiro atoms. The van der Waals surface area contributed by atoms with Crippen LogP contribution in [0.25, 0.3) is 0 Å². The minimum atomic E-state index is -0.826. The molecule has 0 amide bonds. The summed E-state index contributed by atoms with van der Waals surface area (Å²) in [5, 5.41) is 12.2. The van der Waals surface area contributed by atoms with Crippen LogP contribution < -0.4 is 5.32 Å². The van der Waals surface area contributed by atoms with Gasteiger partial charge in [0.15, 0.2) is 0 Å². The van der Waals surface area contributed by atoms with Gasteiger partial charge < -0.3 is 9.84 Å². The summed E-state index contributed by atoms with van der Waals surface area (Å²) in [6.45, 7) is 4.68. The summed E-state index contributed by atoms with van der Waals surface area (Å²) in [6, 6.07) is -0.265. The quantitative estimate of drug-likeness (QED) is 0.750. The Hall–Kier alpha value is -0.610. The number of rotatable bonds is 5. The van der Waals surface area contributed by atoms with Crippen molar-refractivity contribution < 1.29 is 14.6 Å². The molecular weight excluding hydrogens is 206 g/mol. The van der Waals surface area contributed by atoms with E-state index in [1.165, 1.54) is 20.0 Å². The molecule has 1 aliphatic rings. The molecule has 1 rings (SSSR count). The van der Waals surface area contributed by atoms with E-state index in [4.69, 9.17) is 9.84 Å². The van der Waals surface area contributed by atoms with Gasteiger partial charge in [0.2, 0.25) is 0 Å². The highest BCUT2D eigenvalue weighted by molar-refractivity contribution is 5.73. The zero-order valence-corrected chi connectivity index (χ0v) is 10.4. The fourth-order valence-electron chi connectivity index (χ4n) is 2.53. The van der Waals surface area contributed by atoms with Crippen molar-refractivity contribution in [2.75, 3.05) is 13.7 Å². The highest BCUT2D eigenvalue weighted by Gasteiger charge is 2.29. The number of methoxy groups -OCH3 is 1. The normalized spacial score (nSPS) is 32.3. The lowest BCUT2D eigenvalue weighted by Crippen LogP contribution is -2.50. The van der Waals surface area contributed by atoms with Gasteiger partial charge in [-0.15, -0.1) is 0 Å². The molecule has 0 saturated heterocycles. The topological polar surface area (TPSA) is 58.6 Å². The summed E-state index contributed by atoms with van der Waals surface area (Å²) >= 11 is 0. The van der Waals surface area contributed by atoms with Crippen LogP contribution in [0.15, 0.2) is 0 Å². The predicted octanol–water partition coefficient (Wildman–Crippen LogP) is 1.50. The van der Waals surface area contributed by atoms with Gasteiger partial charge in [0.05, 0.1) is 6.61 Å². The van der Waals surface area contributed by atoms with E-state index >= 15 is 0 Å². The number of carbonyl (C=O) groups is 1. The molecule has 1 aliphatic carbocycles. The average Bonchev–Trinajstić information content (AvgIpc) is 2.20. The summed E-state index contributed by atoms with van der Waals surface area (Å²) < 4.78 is 4.92. The maximum atomic E-state index is 11.0. The molecule has 0 aromatic heterocycles. The Morgan fingerprint density at radius 1 is 1.50 bits per heavy atom. The molecule has 16 heavy (non-hydrogen) atoms. The Morgan fingerprint density at radius 2 is 2.19 bits per heavy atom. The van der Waals surface area contributed by atoms with E-state index in [1.54, 1.807) is 0 Å². The van der Waals surface area contributed by atoms with Crippen molar-refractivity contribution in [3.05, 3.63) is 0 Å². The van der Waals surface area contributed by atoms with Crippen molar-refractivity contribution in [3.63, 3.8) is 0 Å². The van der Waals surface area contributed by atoms with Crippen LogP contribution in [0.3, 0.4) is 0 Å². The minimum Gasteiger partial charge on any atom is -0.480 e. The van der Waals surface area contributed by atoms with Gasteiger partial charge in [-0.2, -0.15) is 0 Å². The molecule has 0 heterocycles. The molecule has 4 atom stereocenters. The first-order valence-corrected chi connectivity index (χ1v) is 6.02. The number of nitrogens with one attached hydrogen (secondary N) is 1. The van der Waals surface area contributed by atoms with Gasteiger partial charge in [0.1, 0.15) is 6.04 Å². The molecular formula is C12H23NO3. The van der Waals surface area contributed by atoms with Crippen molar-refractivity contribution >= 4 is 5.97 Å². The van der Waals surface area contributed by atoms with Gasteiger partial charge >= 0.3 is 5.97 Å². The standard InChI is InChI=1S/C12H23NO3/c1-8-4-5-10(9(2)6-8)13-11(7-16-3)12(14)15/h8-11,13H,4-7H2,1-3H3,(H,14,15). The van der Waals surface area contributed by atoms with E-state index in [-0.39, 0.29) is 6.61 Å². The third-order valence-electron chi connectivity index (χ3n) is 3.48. The van der Waals surface area contributed by atoms with Gasteiger partial charge in [-0.1, -0.05) is 13.8 Å². The van der Waals surface area contributed by atoms with Crippen LogP contribution >= 0.6 is 0 Å². The monoisotopic (exact) mass is 229 g/mol. The number of hydrogen-bond acceptors (Lipinski definition) is 3. The second-order valence-electron chi connectivity index (χ2n) is 5.01. The van der Waals surface area contributed by atoms with Crippen molar-refractivity contribution in [1.82, 2.24) is 5.32 Å². The number of aliphatic carboxylic acids is 1. The molecule has 4 heteroatoms. The molecule has 1 saturated carbocycles.